The summed E-state index contributed by atoms with van der Waals surface area (Å²) in [6.07, 6.45) is -0.601. The molecule has 90 heavy (non-hydrogen) atoms. The monoisotopic (exact) mass is 1340 g/mol. The molecule has 1 amide bonds. The van der Waals surface area contributed by atoms with Gasteiger partial charge in [0.15, 0.2) is 6.29 Å². The van der Waals surface area contributed by atoms with Gasteiger partial charge in [-0.3, -0.25) is 22.9 Å². The first kappa shape index (κ1) is 83.3. The van der Waals surface area contributed by atoms with Gasteiger partial charge in [-0.15, -0.1) is 0 Å². The minimum atomic E-state index is -5.61. The van der Waals surface area contributed by atoms with Crippen molar-refractivity contribution in [3.8, 4) is 0 Å². The summed E-state index contributed by atoms with van der Waals surface area (Å²) in [5, 5.41) is 152. The molecule has 3 aliphatic rings. The summed E-state index contributed by atoms with van der Waals surface area (Å²) in [6.45, 7) is 2.21. The number of aliphatic hydroxyl groups is 14. The van der Waals surface area contributed by atoms with Gasteiger partial charge in [0.1, 0.15) is 104 Å². The Morgan fingerprint density at radius 1 is 0.411 bits per heavy atom. The van der Waals surface area contributed by atoms with E-state index < -0.39 is 157 Å². The van der Waals surface area contributed by atoms with Crippen molar-refractivity contribution >= 4 is 21.6 Å². The normalized spacial score (nSPS) is 31.4. The van der Waals surface area contributed by atoms with Crippen LogP contribution in [0.1, 0.15) is 251 Å². The van der Waals surface area contributed by atoms with E-state index in [4.69, 9.17) is 27.6 Å². The van der Waals surface area contributed by atoms with Crippen molar-refractivity contribution in [2.24, 2.45) is 0 Å². The molecule has 534 valence electrons. The molecule has 1 aliphatic heterocycles. The summed E-state index contributed by atoms with van der Waals surface area (Å²) in [5.41, 5.74) is 0. The molecule has 0 spiro atoms. The number of aliphatic hydroxyl groups excluding tert-OH is 14. The molecule has 0 bridgehead atoms. The van der Waals surface area contributed by atoms with Gasteiger partial charge in [0.05, 0.1) is 25.4 Å². The van der Waals surface area contributed by atoms with Gasteiger partial charge in [-0.25, -0.2) is 9.13 Å². The third-order valence-corrected chi connectivity index (χ3v) is 19.9. The van der Waals surface area contributed by atoms with E-state index in [0.29, 0.717) is 12.8 Å². The van der Waals surface area contributed by atoms with Gasteiger partial charge in [-0.1, -0.05) is 232 Å². The van der Waals surface area contributed by atoms with E-state index in [1.54, 1.807) is 0 Å². The Hall–Kier alpha value is -0.950. The molecule has 3 fully saturated rings. The number of amides is 1. The molecule has 2 saturated carbocycles. The van der Waals surface area contributed by atoms with Crippen molar-refractivity contribution in [3.63, 3.8) is 0 Å². The van der Waals surface area contributed by atoms with Gasteiger partial charge in [0.25, 0.3) is 0 Å². The number of hydrogen-bond donors (Lipinski definition) is 17. The lowest BCUT2D eigenvalue weighted by Crippen LogP contribution is -2.67. The van der Waals surface area contributed by atoms with Crippen LogP contribution in [0.15, 0.2) is 0 Å². The van der Waals surface area contributed by atoms with Crippen LogP contribution in [-0.2, 0) is 41.5 Å². The number of ether oxygens (including phenoxy) is 2. The van der Waals surface area contributed by atoms with Crippen molar-refractivity contribution < 1.29 is 123 Å². The van der Waals surface area contributed by atoms with Gasteiger partial charge < -0.3 is 96.1 Å². The first-order valence-corrected chi connectivity index (χ1v) is 37.3. The van der Waals surface area contributed by atoms with Crippen molar-refractivity contribution in [2.75, 3.05) is 13.2 Å². The fraction of sp³-hybridized carbons (Fsp3) is 0.984. The maximum Gasteiger partial charge on any atom is 0.472 e. The number of carbonyl (C=O) groups excluding carboxylic acids is 1. The highest BCUT2D eigenvalue weighted by molar-refractivity contribution is 7.47. The van der Waals surface area contributed by atoms with Crippen LogP contribution in [-0.4, -0.2) is 223 Å². The predicted octanol–water partition coefficient (Wildman–Crippen LogP) is 5.14. The fourth-order valence-electron chi connectivity index (χ4n) is 12.0. The maximum atomic E-state index is 13.8. The Bertz CT molecular complexity index is 1920. The van der Waals surface area contributed by atoms with Crippen molar-refractivity contribution in [1.82, 2.24) is 5.32 Å². The van der Waals surface area contributed by atoms with Crippen LogP contribution in [0.3, 0.4) is 0 Å². The lowest BCUT2D eigenvalue weighted by atomic mass is 9.84. The van der Waals surface area contributed by atoms with Crippen LogP contribution in [0.5, 0.6) is 0 Å². The third-order valence-electron chi connectivity index (χ3n) is 17.9. The van der Waals surface area contributed by atoms with E-state index in [0.717, 1.165) is 64.2 Å². The maximum absolute atomic E-state index is 13.8. The molecule has 0 aromatic rings. The minimum Gasteiger partial charge on any atom is -0.390 e. The second-order valence-corrected chi connectivity index (χ2v) is 28.4. The predicted molar refractivity (Wildman–Crippen MR) is 333 cm³/mol. The number of phosphoric ester groups is 2. The molecule has 22 atom stereocenters. The molecule has 0 aromatic heterocycles. The molecule has 2 aliphatic carbocycles. The number of hydrogen-bond acceptors (Lipinski definition) is 23. The molecular weight excluding hydrogens is 1220 g/mol. The standard InChI is InChI=1S/C62H121NO25P2/c1-3-5-7-9-11-13-15-17-18-19-20-21-22-23-24-25-26-27-29-31-33-35-37-39-45(65)63-42(46(66)43(64)38-36-34-32-30-28-16-14-12-10-8-6-4-2)40-83-89(79,80)88-61-57(77)53(73)52(72)56(76)60(61)86-62-58(78)48(68)47(67)44(85-62)41-84-90(81,82)87-59-54(74)50(70)49(69)51(71)55(59)75/h42-44,46-62,64,66-78H,3-41H2,1-2H3,(H,63,65)(H,79,80)(H,81,82)/t42-,43+,44+,46-,47+,48?,49?,50+,51?,52?,53?,54?,55?,56+,57?,58?,59?,60?,61-,62+/m0/s1. The summed E-state index contributed by atoms with van der Waals surface area (Å²) < 4.78 is 57.9. The molecule has 28 heteroatoms. The smallest absolute Gasteiger partial charge is 0.390 e. The molecular formula is C62H121NO25P2. The fourth-order valence-corrected chi connectivity index (χ4v) is 13.9. The van der Waals surface area contributed by atoms with Crippen molar-refractivity contribution in [1.29, 1.82) is 0 Å². The second-order valence-electron chi connectivity index (χ2n) is 25.6. The molecule has 3 rings (SSSR count). The van der Waals surface area contributed by atoms with Gasteiger partial charge >= 0.3 is 15.6 Å². The highest BCUT2D eigenvalue weighted by Crippen LogP contribution is 2.49. The second kappa shape index (κ2) is 46.3. The third kappa shape index (κ3) is 31.1. The molecule has 26 nitrogen and oxygen atoms in total. The average molecular weight is 1340 g/mol. The van der Waals surface area contributed by atoms with E-state index in [2.05, 4.69) is 19.2 Å². The molecule has 13 unspecified atom stereocenters. The number of carbonyl (C=O) groups is 1. The summed E-state index contributed by atoms with van der Waals surface area (Å²) >= 11 is 0. The van der Waals surface area contributed by atoms with Crippen LogP contribution in [0, 0.1) is 0 Å². The number of unbranched alkanes of at least 4 members (excludes halogenated alkanes) is 33. The lowest BCUT2D eigenvalue weighted by molar-refractivity contribution is -0.337. The molecule has 17 N–H and O–H groups in total. The van der Waals surface area contributed by atoms with Crippen LogP contribution in [0.2, 0.25) is 0 Å². The van der Waals surface area contributed by atoms with Gasteiger partial charge in [0, 0.05) is 6.42 Å². The summed E-state index contributed by atoms with van der Waals surface area (Å²) in [6, 6.07) is -1.51. The highest BCUT2D eigenvalue weighted by Gasteiger charge is 2.56. The molecule has 1 saturated heterocycles. The largest absolute Gasteiger partial charge is 0.472 e. The van der Waals surface area contributed by atoms with E-state index in [1.165, 1.54) is 148 Å². The first-order valence-electron chi connectivity index (χ1n) is 34.3. The molecule has 1 heterocycles. The molecule has 0 radical (unpaired) electrons. The zero-order chi connectivity index (χ0) is 66.7. The van der Waals surface area contributed by atoms with Gasteiger partial charge in [-0.2, -0.15) is 0 Å². The Morgan fingerprint density at radius 2 is 0.733 bits per heavy atom. The van der Waals surface area contributed by atoms with Crippen LogP contribution in [0.25, 0.3) is 0 Å². The van der Waals surface area contributed by atoms with Crippen LogP contribution >= 0.6 is 15.6 Å². The van der Waals surface area contributed by atoms with E-state index >= 15 is 0 Å². The van der Waals surface area contributed by atoms with E-state index in [-0.39, 0.29) is 12.8 Å². The first-order chi connectivity index (χ1) is 42.9. The average Bonchev–Trinajstić information content (AvgIpc) is 0.880. The minimum absolute atomic E-state index is 0.0212. The lowest BCUT2D eigenvalue weighted by Gasteiger charge is -2.47. The topological polar surface area (TPSA) is 442 Å². The van der Waals surface area contributed by atoms with Gasteiger partial charge in [0.2, 0.25) is 5.91 Å². The van der Waals surface area contributed by atoms with Crippen molar-refractivity contribution in [3.05, 3.63) is 0 Å². The molecule has 0 aromatic carbocycles. The quantitative estimate of drug-likeness (QED) is 0.0277. The van der Waals surface area contributed by atoms with E-state index in [1.807, 2.05) is 0 Å². The zero-order valence-corrected chi connectivity index (χ0v) is 55.6. The summed E-state index contributed by atoms with van der Waals surface area (Å²) in [4.78, 5) is 35.0. The Balaban J connectivity index is 1.56. The zero-order valence-electron chi connectivity index (χ0n) is 53.8. The van der Waals surface area contributed by atoms with Gasteiger partial charge in [-0.05, 0) is 12.8 Å². The van der Waals surface area contributed by atoms with Crippen LogP contribution < -0.4 is 5.32 Å². The Morgan fingerprint density at radius 3 is 1.14 bits per heavy atom. The Labute approximate surface area is 534 Å². The summed E-state index contributed by atoms with van der Waals surface area (Å²) in [7, 11) is -11.1. The SMILES string of the molecule is CCCCCCCCCCCCCCCCCCCCCCCCCC(=O)N[C@@H](COP(=O)(O)O[C@H]1C(O)C(O)C(O)[C@@H](O)C1O[C@H]1O[C@H](COP(=O)(O)OC2C(O)C(O)C(O)[C@@H](O)C2O)[C@@H](O)C(O)C1O)[C@H](O)[C@H](O)CCCCCCCCCCCCCC. The van der Waals surface area contributed by atoms with Crippen molar-refractivity contribution in [2.45, 2.75) is 374 Å². The Kier molecular flexibility index (Phi) is 42.8. The number of nitrogens with one attached hydrogen (secondary N) is 1. The summed E-state index contributed by atoms with van der Waals surface area (Å²) in [5.74, 6) is -0.549. The van der Waals surface area contributed by atoms with E-state index in [9.17, 15) is 95.2 Å². The van der Waals surface area contributed by atoms with Crippen LogP contribution in [0.4, 0.5) is 0 Å². The number of rotatable bonds is 52. The highest BCUT2D eigenvalue weighted by atomic mass is 31.2. The number of phosphoric acid groups is 2.